The van der Waals surface area contributed by atoms with Crippen LogP contribution in [0.1, 0.15) is 37.0 Å². The highest BCUT2D eigenvalue weighted by Crippen LogP contribution is 2.52. The average molecular weight is 411 g/mol. The van der Waals surface area contributed by atoms with Gasteiger partial charge in [0.25, 0.3) is 0 Å². The van der Waals surface area contributed by atoms with E-state index in [2.05, 4.69) is 89.4 Å². The van der Waals surface area contributed by atoms with Gasteiger partial charge in [-0.25, -0.2) is 0 Å². The van der Waals surface area contributed by atoms with Gasteiger partial charge in [0, 0.05) is 28.5 Å². The SMILES string of the molecule is Cc1ccc2c(c1)C(C)(C)C1(/C=C/c3ccc(Br)cc3)NC(=O)CCN21. The molecular weight excluding hydrogens is 388 g/mol. The zero-order chi connectivity index (χ0) is 18.5. The van der Waals surface area contributed by atoms with E-state index < -0.39 is 5.66 Å². The number of hydrogen-bond donors (Lipinski definition) is 1. The lowest BCUT2D eigenvalue weighted by atomic mass is 9.74. The summed E-state index contributed by atoms with van der Waals surface area (Å²) in [5, 5.41) is 3.32. The van der Waals surface area contributed by atoms with Crippen LogP contribution in [0.3, 0.4) is 0 Å². The Bertz CT molecular complexity index is 901. The predicted molar refractivity (Wildman–Crippen MR) is 110 cm³/mol. The molecule has 0 spiro atoms. The molecule has 0 bridgehead atoms. The predicted octanol–water partition coefficient (Wildman–Crippen LogP) is 4.78. The van der Waals surface area contributed by atoms with Crippen LogP contribution in [-0.2, 0) is 10.2 Å². The van der Waals surface area contributed by atoms with Gasteiger partial charge >= 0.3 is 0 Å². The third kappa shape index (κ3) is 2.50. The van der Waals surface area contributed by atoms with E-state index in [1.807, 2.05) is 12.1 Å². The van der Waals surface area contributed by atoms with Crippen molar-refractivity contribution in [1.29, 1.82) is 0 Å². The highest BCUT2D eigenvalue weighted by atomic mass is 79.9. The molecular formula is C22H23BrN2O. The zero-order valence-electron chi connectivity index (χ0n) is 15.3. The van der Waals surface area contributed by atoms with Gasteiger partial charge in [0.05, 0.1) is 0 Å². The minimum atomic E-state index is -0.550. The van der Waals surface area contributed by atoms with E-state index in [0.29, 0.717) is 6.42 Å². The van der Waals surface area contributed by atoms with Crippen LogP contribution in [0.4, 0.5) is 5.69 Å². The van der Waals surface area contributed by atoms with Gasteiger partial charge in [0.2, 0.25) is 5.91 Å². The van der Waals surface area contributed by atoms with E-state index in [4.69, 9.17) is 0 Å². The number of halogens is 1. The number of carbonyl (C=O) groups excluding carboxylic acids is 1. The van der Waals surface area contributed by atoms with Crippen LogP contribution < -0.4 is 10.2 Å². The van der Waals surface area contributed by atoms with Gasteiger partial charge < -0.3 is 10.2 Å². The Kier molecular flexibility index (Phi) is 3.99. The third-order valence-electron chi connectivity index (χ3n) is 5.77. The molecule has 3 nitrogen and oxygen atoms in total. The summed E-state index contributed by atoms with van der Waals surface area (Å²) in [6.07, 6.45) is 4.81. The van der Waals surface area contributed by atoms with Gasteiger partial charge in [-0.05, 0) is 42.3 Å². The number of fused-ring (bicyclic) bond motifs is 3. The van der Waals surface area contributed by atoms with Crippen LogP contribution in [0.25, 0.3) is 6.08 Å². The van der Waals surface area contributed by atoms with Crippen LogP contribution in [0.5, 0.6) is 0 Å². The second kappa shape index (κ2) is 5.98. The van der Waals surface area contributed by atoms with Crippen molar-refractivity contribution >= 4 is 33.6 Å². The second-order valence-electron chi connectivity index (χ2n) is 7.75. The normalized spacial score (nSPS) is 23.7. The smallest absolute Gasteiger partial charge is 0.223 e. The molecule has 2 aromatic carbocycles. The van der Waals surface area contributed by atoms with Crippen LogP contribution in [-0.4, -0.2) is 18.1 Å². The molecule has 2 aromatic rings. The molecule has 1 N–H and O–H groups in total. The number of anilines is 1. The molecule has 0 aliphatic carbocycles. The number of benzene rings is 2. The Morgan fingerprint density at radius 2 is 1.88 bits per heavy atom. The molecule has 1 fully saturated rings. The van der Waals surface area contributed by atoms with E-state index in [1.165, 1.54) is 16.8 Å². The summed E-state index contributed by atoms with van der Waals surface area (Å²) in [5.74, 6) is 0.110. The maximum Gasteiger partial charge on any atom is 0.223 e. The zero-order valence-corrected chi connectivity index (χ0v) is 16.9. The molecule has 1 atom stereocenters. The number of nitrogens with zero attached hydrogens (tertiary/aromatic N) is 1. The molecule has 134 valence electrons. The fourth-order valence-corrected chi connectivity index (χ4v) is 4.52. The lowest BCUT2D eigenvalue weighted by Crippen LogP contribution is -2.68. The van der Waals surface area contributed by atoms with E-state index in [1.54, 1.807) is 0 Å². The molecule has 0 saturated carbocycles. The van der Waals surface area contributed by atoms with Crippen LogP contribution in [0, 0.1) is 6.92 Å². The van der Waals surface area contributed by atoms with E-state index >= 15 is 0 Å². The number of rotatable bonds is 2. The molecule has 2 aliphatic rings. The average Bonchev–Trinajstić information content (AvgIpc) is 2.79. The Labute approximate surface area is 163 Å². The summed E-state index contributed by atoms with van der Waals surface area (Å²) in [5.41, 5.74) is 4.09. The molecule has 1 saturated heterocycles. The molecule has 0 radical (unpaired) electrons. The van der Waals surface area contributed by atoms with Crippen molar-refractivity contribution in [2.45, 2.75) is 38.3 Å². The van der Waals surface area contributed by atoms with Gasteiger partial charge in [-0.3, -0.25) is 4.79 Å². The fourth-order valence-electron chi connectivity index (χ4n) is 4.26. The van der Waals surface area contributed by atoms with Gasteiger partial charge in [-0.2, -0.15) is 0 Å². The van der Waals surface area contributed by atoms with Crippen molar-refractivity contribution < 1.29 is 4.79 Å². The van der Waals surface area contributed by atoms with Crippen molar-refractivity contribution in [2.24, 2.45) is 0 Å². The fraction of sp³-hybridized carbons (Fsp3) is 0.318. The highest BCUT2D eigenvalue weighted by Gasteiger charge is 2.57. The molecule has 2 heterocycles. The highest BCUT2D eigenvalue weighted by molar-refractivity contribution is 9.10. The Balaban J connectivity index is 1.84. The third-order valence-corrected chi connectivity index (χ3v) is 6.30. The maximum atomic E-state index is 12.4. The summed E-state index contributed by atoms with van der Waals surface area (Å²) < 4.78 is 1.06. The summed E-state index contributed by atoms with van der Waals surface area (Å²) in [4.78, 5) is 14.8. The molecule has 1 amide bonds. The second-order valence-corrected chi connectivity index (χ2v) is 8.66. The van der Waals surface area contributed by atoms with Crippen molar-refractivity contribution in [3.8, 4) is 0 Å². The number of nitrogens with one attached hydrogen (secondary N) is 1. The van der Waals surface area contributed by atoms with Crippen LogP contribution >= 0.6 is 15.9 Å². The first-order chi connectivity index (χ1) is 12.3. The lowest BCUT2D eigenvalue weighted by Gasteiger charge is -2.49. The number of carbonyl (C=O) groups is 1. The molecule has 26 heavy (non-hydrogen) atoms. The largest absolute Gasteiger partial charge is 0.344 e. The minimum Gasteiger partial charge on any atom is -0.344 e. The number of hydrogen-bond acceptors (Lipinski definition) is 2. The Morgan fingerprint density at radius 3 is 2.62 bits per heavy atom. The summed E-state index contributed by atoms with van der Waals surface area (Å²) in [6.45, 7) is 7.30. The standard InChI is InChI=1S/C22H23BrN2O/c1-15-4-9-19-18(14-15)21(2,3)22(24-20(26)11-13-25(19)22)12-10-16-5-7-17(23)8-6-16/h4-10,12,14H,11,13H2,1-3H3,(H,24,26)/b12-10+. The van der Waals surface area contributed by atoms with E-state index in [-0.39, 0.29) is 11.3 Å². The molecule has 2 aliphatic heterocycles. The van der Waals surface area contributed by atoms with Gasteiger partial charge in [0.15, 0.2) is 0 Å². The molecule has 1 unspecified atom stereocenters. The molecule has 4 heteroatoms. The Hall–Kier alpha value is -2.07. The van der Waals surface area contributed by atoms with Crippen LogP contribution in [0.15, 0.2) is 53.0 Å². The summed E-state index contributed by atoms with van der Waals surface area (Å²) >= 11 is 3.48. The van der Waals surface area contributed by atoms with Gasteiger partial charge in [-0.1, -0.05) is 65.7 Å². The van der Waals surface area contributed by atoms with Crippen molar-refractivity contribution in [1.82, 2.24) is 5.32 Å². The number of aryl methyl sites for hydroxylation is 1. The topological polar surface area (TPSA) is 32.3 Å². The molecule has 4 rings (SSSR count). The van der Waals surface area contributed by atoms with Crippen molar-refractivity contribution in [2.75, 3.05) is 11.4 Å². The minimum absolute atomic E-state index is 0.110. The monoisotopic (exact) mass is 410 g/mol. The van der Waals surface area contributed by atoms with Gasteiger partial charge in [-0.15, -0.1) is 0 Å². The maximum absolute atomic E-state index is 12.4. The lowest BCUT2D eigenvalue weighted by molar-refractivity contribution is -0.124. The van der Waals surface area contributed by atoms with Crippen LogP contribution in [0.2, 0.25) is 0 Å². The van der Waals surface area contributed by atoms with Crippen molar-refractivity contribution in [3.05, 3.63) is 69.7 Å². The van der Waals surface area contributed by atoms with Crippen molar-refractivity contribution in [3.63, 3.8) is 0 Å². The van der Waals surface area contributed by atoms with E-state index in [0.717, 1.165) is 16.6 Å². The first-order valence-corrected chi connectivity index (χ1v) is 9.77. The molecule has 0 aromatic heterocycles. The number of amides is 1. The first-order valence-electron chi connectivity index (χ1n) is 8.98. The summed E-state index contributed by atoms with van der Waals surface area (Å²) in [7, 11) is 0. The Morgan fingerprint density at radius 1 is 1.15 bits per heavy atom. The quantitative estimate of drug-likeness (QED) is 0.771. The first kappa shape index (κ1) is 17.3. The van der Waals surface area contributed by atoms with Gasteiger partial charge in [0.1, 0.15) is 5.66 Å². The summed E-state index contributed by atoms with van der Waals surface area (Å²) in [6, 6.07) is 14.8. The van der Waals surface area contributed by atoms with E-state index in [9.17, 15) is 4.79 Å².